The maximum atomic E-state index is 15.5. The molecule has 5 nitrogen and oxygen atoms in total. The van der Waals surface area contributed by atoms with E-state index in [0.717, 1.165) is 11.3 Å². The Kier molecular flexibility index (Phi) is 3.18. The molecule has 0 amide bonds. The van der Waals surface area contributed by atoms with E-state index >= 15 is 4.39 Å². The lowest BCUT2D eigenvalue weighted by Crippen LogP contribution is -1.99. The number of halogens is 1. The Morgan fingerprint density at radius 1 is 1.00 bits per heavy atom. The number of pyridine rings is 1. The van der Waals surface area contributed by atoms with Gasteiger partial charge in [0.1, 0.15) is 11.3 Å². The summed E-state index contributed by atoms with van der Waals surface area (Å²) in [5, 5.41) is 0. The van der Waals surface area contributed by atoms with Crippen LogP contribution in [0.25, 0.3) is 27.8 Å². The number of nitrogens with zero attached hydrogens (tertiary/aromatic N) is 3. The maximum absolute atomic E-state index is 15.5. The number of ether oxygens (including phenoxy) is 2. The van der Waals surface area contributed by atoms with E-state index in [4.69, 9.17) is 9.47 Å². The molecule has 0 saturated heterocycles. The molecule has 5 rings (SSSR count). The highest BCUT2D eigenvalue weighted by Gasteiger charge is 2.20. The minimum Gasteiger partial charge on any atom is -0.454 e. The van der Waals surface area contributed by atoms with E-state index in [9.17, 15) is 0 Å². The number of imidazole rings is 1. The molecule has 0 N–H and O–H groups in total. The molecule has 6 heteroatoms. The fraction of sp³-hybridized carbons (Fsp3) is 0.100. The average Bonchev–Trinajstić information content (AvgIpc) is 3.26. The molecule has 1 aliphatic heterocycles. The molecule has 128 valence electrons. The van der Waals surface area contributed by atoms with Gasteiger partial charge in [0.05, 0.1) is 11.2 Å². The second-order valence-corrected chi connectivity index (χ2v) is 6.06. The minimum absolute atomic E-state index is 0.197. The Morgan fingerprint density at radius 2 is 1.81 bits per heavy atom. The topological polar surface area (TPSA) is 49.2 Å². The van der Waals surface area contributed by atoms with Gasteiger partial charge in [-0.2, -0.15) is 0 Å². The first-order valence-corrected chi connectivity index (χ1v) is 8.20. The molecule has 0 saturated carbocycles. The van der Waals surface area contributed by atoms with Crippen molar-refractivity contribution in [2.24, 2.45) is 0 Å². The second-order valence-electron chi connectivity index (χ2n) is 6.06. The van der Waals surface area contributed by atoms with Crippen LogP contribution >= 0.6 is 0 Å². The lowest BCUT2D eigenvalue weighted by molar-refractivity contribution is 0.174. The van der Waals surface area contributed by atoms with Gasteiger partial charge in [-0.3, -0.25) is 9.55 Å². The quantitative estimate of drug-likeness (QED) is 0.543. The highest BCUT2D eigenvalue weighted by molar-refractivity contribution is 5.85. The van der Waals surface area contributed by atoms with Crippen LogP contribution in [0.1, 0.15) is 5.82 Å². The van der Waals surface area contributed by atoms with Crippen molar-refractivity contribution in [2.45, 2.75) is 6.92 Å². The van der Waals surface area contributed by atoms with Crippen LogP contribution in [0.5, 0.6) is 11.5 Å². The summed E-state index contributed by atoms with van der Waals surface area (Å²) in [4.78, 5) is 8.52. The predicted molar refractivity (Wildman–Crippen MR) is 95.1 cm³/mol. The monoisotopic (exact) mass is 347 g/mol. The van der Waals surface area contributed by atoms with Crippen LogP contribution < -0.4 is 9.47 Å². The Morgan fingerprint density at radius 3 is 2.65 bits per heavy atom. The van der Waals surface area contributed by atoms with E-state index in [0.29, 0.717) is 33.9 Å². The summed E-state index contributed by atoms with van der Waals surface area (Å²) in [5.41, 5.74) is 3.11. The predicted octanol–water partition coefficient (Wildman–Crippen LogP) is 4.26. The van der Waals surface area contributed by atoms with E-state index in [2.05, 4.69) is 9.97 Å². The summed E-state index contributed by atoms with van der Waals surface area (Å²) >= 11 is 0. The first kappa shape index (κ1) is 14.9. The zero-order valence-electron chi connectivity index (χ0n) is 13.9. The van der Waals surface area contributed by atoms with Gasteiger partial charge in [0, 0.05) is 24.0 Å². The molecule has 0 bridgehead atoms. The molecule has 0 atom stereocenters. The van der Waals surface area contributed by atoms with Crippen LogP contribution in [0.2, 0.25) is 0 Å². The Hall–Kier alpha value is -3.41. The van der Waals surface area contributed by atoms with Crippen molar-refractivity contribution in [2.75, 3.05) is 6.79 Å². The zero-order chi connectivity index (χ0) is 17.7. The standard InChI is InChI=1S/C20H14FN3O2/c1-12-23-16-4-3-15(13-6-8-22-9-7-13)19(21)20(16)24(12)14-2-5-17-18(10-14)26-11-25-17/h2-10H,11H2,1H3. The molecule has 1 aliphatic rings. The summed E-state index contributed by atoms with van der Waals surface area (Å²) in [6.45, 7) is 2.05. The van der Waals surface area contributed by atoms with Crippen molar-refractivity contribution in [3.05, 3.63) is 66.5 Å². The van der Waals surface area contributed by atoms with Gasteiger partial charge in [-0.25, -0.2) is 9.37 Å². The molecular weight excluding hydrogens is 333 g/mol. The van der Waals surface area contributed by atoms with Crippen LogP contribution in [0.15, 0.2) is 54.9 Å². The van der Waals surface area contributed by atoms with E-state index in [1.807, 2.05) is 31.2 Å². The number of aromatic nitrogens is 3. The molecule has 2 aromatic heterocycles. The van der Waals surface area contributed by atoms with Gasteiger partial charge < -0.3 is 9.47 Å². The first-order valence-electron chi connectivity index (χ1n) is 8.20. The van der Waals surface area contributed by atoms with Crippen LogP contribution in [0, 0.1) is 12.7 Å². The Labute approximate surface area is 148 Å². The third-order valence-electron chi connectivity index (χ3n) is 4.53. The zero-order valence-corrected chi connectivity index (χ0v) is 13.9. The number of fused-ring (bicyclic) bond motifs is 2. The van der Waals surface area contributed by atoms with Gasteiger partial charge in [0.25, 0.3) is 0 Å². The normalized spacial score (nSPS) is 12.7. The number of hydrogen-bond acceptors (Lipinski definition) is 4. The molecule has 0 fully saturated rings. The summed E-state index contributed by atoms with van der Waals surface area (Å²) in [5.74, 6) is 1.72. The van der Waals surface area contributed by atoms with Gasteiger partial charge >= 0.3 is 0 Å². The summed E-state index contributed by atoms with van der Waals surface area (Å²) in [7, 11) is 0. The third kappa shape index (κ3) is 2.15. The van der Waals surface area contributed by atoms with Gasteiger partial charge in [-0.1, -0.05) is 0 Å². The van der Waals surface area contributed by atoms with E-state index < -0.39 is 0 Å². The minimum atomic E-state index is -0.313. The lowest BCUT2D eigenvalue weighted by Gasteiger charge is -2.10. The van der Waals surface area contributed by atoms with Crippen LogP contribution in [0.4, 0.5) is 4.39 Å². The SMILES string of the molecule is Cc1nc2ccc(-c3ccncc3)c(F)c2n1-c1ccc2c(c1)OCO2. The lowest BCUT2D eigenvalue weighted by atomic mass is 10.1. The van der Waals surface area contributed by atoms with Crippen molar-refractivity contribution in [3.63, 3.8) is 0 Å². The fourth-order valence-electron chi connectivity index (χ4n) is 3.34. The van der Waals surface area contributed by atoms with Gasteiger partial charge in [0.2, 0.25) is 6.79 Å². The molecule has 2 aromatic carbocycles. The van der Waals surface area contributed by atoms with E-state index in [1.165, 1.54) is 0 Å². The number of benzene rings is 2. The van der Waals surface area contributed by atoms with Crippen molar-refractivity contribution in [3.8, 4) is 28.3 Å². The van der Waals surface area contributed by atoms with Crippen LogP contribution in [-0.2, 0) is 0 Å². The fourth-order valence-corrected chi connectivity index (χ4v) is 3.34. The van der Waals surface area contributed by atoms with Gasteiger partial charge in [-0.15, -0.1) is 0 Å². The first-order chi connectivity index (χ1) is 12.7. The van der Waals surface area contributed by atoms with Crippen LogP contribution in [-0.4, -0.2) is 21.3 Å². The second kappa shape index (κ2) is 5.56. The van der Waals surface area contributed by atoms with Crippen molar-refractivity contribution >= 4 is 11.0 Å². The average molecular weight is 347 g/mol. The van der Waals surface area contributed by atoms with Crippen molar-refractivity contribution in [1.29, 1.82) is 0 Å². The summed E-state index contributed by atoms with van der Waals surface area (Å²) in [6.07, 6.45) is 3.30. The highest BCUT2D eigenvalue weighted by atomic mass is 19.1. The molecule has 0 radical (unpaired) electrons. The molecular formula is C20H14FN3O2. The highest BCUT2D eigenvalue weighted by Crippen LogP contribution is 2.36. The van der Waals surface area contributed by atoms with Gasteiger partial charge in [0.15, 0.2) is 17.3 Å². The van der Waals surface area contributed by atoms with Gasteiger partial charge in [-0.05, 0) is 48.9 Å². The number of hydrogen-bond donors (Lipinski definition) is 0. The summed E-state index contributed by atoms with van der Waals surface area (Å²) < 4.78 is 28.1. The maximum Gasteiger partial charge on any atom is 0.231 e. The van der Waals surface area contributed by atoms with Crippen molar-refractivity contribution < 1.29 is 13.9 Å². The molecule has 3 heterocycles. The molecule has 0 unspecified atom stereocenters. The third-order valence-corrected chi connectivity index (χ3v) is 4.53. The Balaban J connectivity index is 1.76. The molecule has 4 aromatic rings. The van der Waals surface area contributed by atoms with E-state index in [1.54, 1.807) is 35.2 Å². The number of rotatable bonds is 2. The summed E-state index contributed by atoms with van der Waals surface area (Å²) in [6, 6.07) is 12.7. The van der Waals surface area contributed by atoms with Crippen molar-refractivity contribution in [1.82, 2.24) is 14.5 Å². The molecule has 26 heavy (non-hydrogen) atoms. The van der Waals surface area contributed by atoms with E-state index in [-0.39, 0.29) is 12.6 Å². The smallest absolute Gasteiger partial charge is 0.231 e. The van der Waals surface area contributed by atoms with Crippen LogP contribution in [0.3, 0.4) is 0 Å². The number of aryl methyl sites for hydroxylation is 1. The Bertz CT molecular complexity index is 1140. The largest absolute Gasteiger partial charge is 0.454 e. The molecule has 0 aliphatic carbocycles. The molecule has 0 spiro atoms.